The summed E-state index contributed by atoms with van der Waals surface area (Å²) in [6.45, 7) is 1.77. The minimum atomic E-state index is 0.421. The Labute approximate surface area is 139 Å². The number of piperidine rings is 1. The Morgan fingerprint density at radius 3 is 2.96 bits per heavy atom. The molecule has 6 nitrogen and oxygen atoms in total. The molecule has 23 heavy (non-hydrogen) atoms. The Morgan fingerprint density at radius 2 is 2.26 bits per heavy atom. The lowest BCUT2D eigenvalue weighted by molar-refractivity contribution is 0.673. The van der Waals surface area contributed by atoms with Gasteiger partial charge in [-0.2, -0.15) is 0 Å². The van der Waals surface area contributed by atoms with Gasteiger partial charge in [-0.15, -0.1) is 0 Å². The Bertz CT molecular complexity index is 733. The van der Waals surface area contributed by atoms with E-state index in [1.54, 1.807) is 12.4 Å². The molecule has 0 bridgehead atoms. The molecule has 0 atom stereocenters. The van der Waals surface area contributed by atoms with Crippen molar-refractivity contribution in [2.45, 2.75) is 12.8 Å². The third kappa shape index (κ3) is 3.72. The highest BCUT2D eigenvalue weighted by molar-refractivity contribution is 6.32. The van der Waals surface area contributed by atoms with Crippen molar-refractivity contribution in [2.24, 2.45) is 10.7 Å². The lowest BCUT2D eigenvalue weighted by atomic mass is 10.1. The molecular formula is C16H17ClN6. The highest BCUT2D eigenvalue weighted by atomic mass is 35.5. The lowest BCUT2D eigenvalue weighted by Crippen LogP contribution is -2.29. The quantitative estimate of drug-likeness (QED) is 0.902. The third-order valence-electron chi connectivity index (χ3n) is 3.49. The van der Waals surface area contributed by atoms with Crippen LogP contribution in [0.3, 0.4) is 0 Å². The molecule has 3 N–H and O–H groups in total. The highest BCUT2D eigenvalue weighted by Crippen LogP contribution is 2.26. The normalized spacial score (nSPS) is 17.4. The number of nitrogens with two attached hydrogens (primary N) is 1. The average Bonchev–Trinajstić information content (AvgIpc) is 2.60. The number of hydrogen-bond acceptors (Lipinski definition) is 6. The van der Waals surface area contributed by atoms with E-state index in [0.29, 0.717) is 27.9 Å². The molecule has 2 aromatic rings. The molecule has 0 unspecified atom stereocenters. The van der Waals surface area contributed by atoms with Crippen LogP contribution in [0, 0.1) is 0 Å². The Balaban J connectivity index is 1.96. The van der Waals surface area contributed by atoms with Crippen molar-refractivity contribution >= 4 is 28.7 Å². The zero-order chi connectivity index (χ0) is 16.1. The molecule has 118 valence electrons. The first-order valence-corrected chi connectivity index (χ1v) is 7.79. The van der Waals surface area contributed by atoms with Gasteiger partial charge in [-0.3, -0.25) is 4.98 Å². The molecule has 3 heterocycles. The zero-order valence-electron chi connectivity index (χ0n) is 12.5. The van der Waals surface area contributed by atoms with Crippen LogP contribution in [0.25, 0.3) is 5.57 Å². The zero-order valence-corrected chi connectivity index (χ0v) is 13.3. The van der Waals surface area contributed by atoms with Crippen LogP contribution in [0.1, 0.15) is 24.4 Å². The van der Waals surface area contributed by atoms with Gasteiger partial charge in [0, 0.05) is 24.7 Å². The summed E-state index contributed by atoms with van der Waals surface area (Å²) < 4.78 is 0. The predicted octanol–water partition coefficient (Wildman–Crippen LogP) is 2.33. The van der Waals surface area contributed by atoms with E-state index in [4.69, 9.17) is 17.3 Å². The number of pyridine rings is 1. The van der Waals surface area contributed by atoms with Crippen LogP contribution in [0.4, 0.5) is 5.82 Å². The average molecular weight is 329 g/mol. The fraction of sp³-hybridized carbons (Fsp3) is 0.250. The second-order valence-electron chi connectivity index (χ2n) is 5.12. The van der Waals surface area contributed by atoms with E-state index in [1.807, 2.05) is 18.2 Å². The van der Waals surface area contributed by atoms with Crippen molar-refractivity contribution in [3.8, 4) is 0 Å². The second kappa shape index (κ2) is 7.30. The van der Waals surface area contributed by atoms with Gasteiger partial charge in [0.1, 0.15) is 5.02 Å². The molecule has 1 saturated heterocycles. The smallest absolute Gasteiger partial charge is 0.174 e. The van der Waals surface area contributed by atoms with Crippen LogP contribution in [-0.2, 0) is 0 Å². The van der Waals surface area contributed by atoms with Gasteiger partial charge in [-0.05, 0) is 31.5 Å². The van der Waals surface area contributed by atoms with Crippen LogP contribution < -0.4 is 11.1 Å². The van der Waals surface area contributed by atoms with E-state index in [9.17, 15) is 0 Å². The minimum absolute atomic E-state index is 0.421. The van der Waals surface area contributed by atoms with Gasteiger partial charge in [0.05, 0.1) is 17.5 Å². The second-order valence-corrected chi connectivity index (χ2v) is 5.53. The van der Waals surface area contributed by atoms with Crippen molar-refractivity contribution in [1.29, 1.82) is 0 Å². The molecule has 0 spiro atoms. The van der Waals surface area contributed by atoms with E-state index in [0.717, 1.165) is 31.6 Å². The molecule has 3 rings (SSSR count). The van der Waals surface area contributed by atoms with E-state index < -0.39 is 0 Å². The predicted molar refractivity (Wildman–Crippen MR) is 91.7 cm³/mol. The number of aromatic nitrogens is 3. The van der Waals surface area contributed by atoms with E-state index in [2.05, 4.69) is 25.3 Å². The minimum Gasteiger partial charge on any atom is -0.404 e. The van der Waals surface area contributed by atoms with Crippen LogP contribution in [-0.4, -0.2) is 33.8 Å². The molecule has 1 aliphatic heterocycles. The van der Waals surface area contributed by atoms with Gasteiger partial charge in [0.15, 0.2) is 11.6 Å². The van der Waals surface area contributed by atoms with E-state index in [-0.39, 0.29) is 0 Å². The molecule has 0 saturated carbocycles. The van der Waals surface area contributed by atoms with Crippen molar-refractivity contribution in [3.63, 3.8) is 0 Å². The largest absolute Gasteiger partial charge is 0.404 e. The van der Waals surface area contributed by atoms with E-state index in [1.165, 1.54) is 6.20 Å². The maximum absolute atomic E-state index is 6.19. The van der Waals surface area contributed by atoms with Crippen molar-refractivity contribution < 1.29 is 0 Å². The van der Waals surface area contributed by atoms with Crippen LogP contribution in [0.5, 0.6) is 0 Å². The van der Waals surface area contributed by atoms with Gasteiger partial charge in [0.2, 0.25) is 0 Å². The molecular weight excluding hydrogens is 312 g/mol. The number of nitrogens with zero attached hydrogens (tertiary/aromatic N) is 4. The van der Waals surface area contributed by atoms with Crippen molar-refractivity contribution in [1.82, 2.24) is 20.3 Å². The SMILES string of the molecule is NC=C(c1ccccn1)c1ncc(Cl)c(N=C2CCCNC2)n1. The summed E-state index contributed by atoms with van der Waals surface area (Å²) in [5.74, 6) is 0.921. The maximum atomic E-state index is 6.19. The Kier molecular flexibility index (Phi) is 4.95. The molecule has 1 aliphatic rings. The lowest BCUT2D eigenvalue weighted by Gasteiger charge is -2.14. The molecule has 0 radical (unpaired) electrons. The van der Waals surface area contributed by atoms with Gasteiger partial charge < -0.3 is 11.1 Å². The van der Waals surface area contributed by atoms with Crippen LogP contribution >= 0.6 is 11.6 Å². The molecule has 1 fully saturated rings. The first-order valence-electron chi connectivity index (χ1n) is 7.41. The molecule has 7 heteroatoms. The fourth-order valence-electron chi connectivity index (χ4n) is 2.35. The summed E-state index contributed by atoms with van der Waals surface area (Å²) in [5.41, 5.74) is 8.14. The highest BCUT2D eigenvalue weighted by Gasteiger charge is 2.13. The third-order valence-corrected chi connectivity index (χ3v) is 3.75. The standard InChI is InChI=1S/C16H17ClN6/c17-13-10-21-15(12(8-18)14-5-1-2-7-20-14)23-16(13)22-11-4-3-6-19-9-11/h1-2,5,7-8,10,19H,3-4,6,9,18H2. The summed E-state index contributed by atoms with van der Waals surface area (Å²) in [6.07, 6.45) is 6.71. The number of aliphatic imine (C=N–C) groups is 1. The van der Waals surface area contributed by atoms with Crippen molar-refractivity contribution in [3.05, 3.63) is 53.3 Å². The molecule has 0 aromatic carbocycles. The first kappa shape index (κ1) is 15.6. The molecule has 2 aromatic heterocycles. The monoisotopic (exact) mass is 328 g/mol. The first-order chi connectivity index (χ1) is 11.3. The van der Waals surface area contributed by atoms with Crippen molar-refractivity contribution in [2.75, 3.05) is 13.1 Å². The number of nitrogens with one attached hydrogen (secondary N) is 1. The summed E-state index contributed by atoms with van der Waals surface area (Å²) in [7, 11) is 0. The number of halogens is 1. The summed E-state index contributed by atoms with van der Waals surface area (Å²) >= 11 is 6.19. The summed E-state index contributed by atoms with van der Waals surface area (Å²) in [5, 5.41) is 3.71. The van der Waals surface area contributed by atoms with E-state index >= 15 is 0 Å². The Morgan fingerprint density at radius 1 is 1.35 bits per heavy atom. The van der Waals surface area contributed by atoms with Gasteiger partial charge in [0.25, 0.3) is 0 Å². The number of rotatable bonds is 3. The molecule has 0 amide bonds. The number of hydrogen-bond donors (Lipinski definition) is 2. The van der Waals surface area contributed by atoms with Gasteiger partial charge in [-0.25, -0.2) is 15.0 Å². The van der Waals surface area contributed by atoms with Gasteiger partial charge in [-0.1, -0.05) is 17.7 Å². The van der Waals surface area contributed by atoms with Crippen LogP contribution in [0.15, 0.2) is 41.8 Å². The Hall–Kier alpha value is -2.31. The van der Waals surface area contributed by atoms with Crippen LogP contribution in [0.2, 0.25) is 5.02 Å². The summed E-state index contributed by atoms with van der Waals surface area (Å²) in [4.78, 5) is 17.6. The maximum Gasteiger partial charge on any atom is 0.174 e. The van der Waals surface area contributed by atoms with Gasteiger partial charge >= 0.3 is 0 Å². The molecule has 0 aliphatic carbocycles. The topological polar surface area (TPSA) is 89.1 Å². The summed E-state index contributed by atoms with van der Waals surface area (Å²) in [6, 6.07) is 5.58. The fourth-order valence-corrected chi connectivity index (χ4v) is 2.48.